The number of hydrogen-bond acceptors (Lipinski definition) is 3. The Balaban J connectivity index is 2.73. The highest BCUT2D eigenvalue weighted by molar-refractivity contribution is 9.10. The lowest BCUT2D eigenvalue weighted by Crippen LogP contribution is -2.35. The second kappa shape index (κ2) is 7.10. The maximum atomic E-state index is 11.6. The summed E-state index contributed by atoms with van der Waals surface area (Å²) >= 11 is 3.22. The maximum absolute atomic E-state index is 11.6. The molecule has 1 aromatic rings. The summed E-state index contributed by atoms with van der Waals surface area (Å²) in [6.45, 7) is 2.14. The van der Waals surface area contributed by atoms with Gasteiger partial charge in [-0.15, -0.1) is 0 Å². The Morgan fingerprint density at radius 2 is 2.16 bits per heavy atom. The van der Waals surface area contributed by atoms with Crippen molar-refractivity contribution in [3.63, 3.8) is 0 Å². The lowest BCUT2D eigenvalue weighted by Gasteiger charge is -2.13. The number of anilines is 1. The summed E-state index contributed by atoms with van der Waals surface area (Å²) < 4.78 is 5.67. The van der Waals surface area contributed by atoms with Crippen molar-refractivity contribution >= 4 is 33.6 Å². The number of carbonyl (C=O) groups excluding carboxylic acids is 1. The first-order chi connectivity index (χ1) is 8.93. The Kier molecular flexibility index (Phi) is 5.78. The minimum Gasteiger partial charge on any atom is -0.478 e. The molecule has 0 aliphatic rings. The lowest BCUT2D eigenvalue weighted by molar-refractivity contribution is 0.0698. The van der Waals surface area contributed by atoms with Gasteiger partial charge in [0.2, 0.25) is 0 Å². The van der Waals surface area contributed by atoms with E-state index in [4.69, 9.17) is 9.84 Å². The highest BCUT2D eigenvalue weighted by atomic mass is 79.9. The molecule has 0 heterocycles. The number of urea groups is 1. The molecule has 0 aliphatic carbocycles. The first-order valence-corrected chi connectivity index (χ1v) is 6.33. The summed E-state index contributed by atoms with van der Waals surface area (Å²) in [6, 6.07) is 4.06. The number of carboxylic acids is 1. The normalized spacial score (nSPS) is 11.7. The van der Waals surface area contributed by atoms with E-state index in [9.17, 15) is 9.59 Å². The molecule has 1 unspecified atom stereocenters. The minimum absolute atomic E-state index is 0.0261. The summed E-state index contributed by atoms with van der Waals surface area (Å²) in [7, 11) is 1.54. The molecule has 0 fully saturated rings. The van der Waals surface area contributed by atoms with Gasteiger partial charge in [0.1, 0.15) is 0 Å². The van der Waals surface area contributed by atoms with Crippen molar-refractivity contribution in [2.24, 2.45) is 0 Å². The largest absolute Gasteiger partial charge is 0.478 e. The molecule has 2 amide bonds. The fourth-order valence-corrected chi connectivity index (χ4v) is 1.65. The van der Waals surface area contributed by atoms with E-state index in [1.165, 1.54) is 12.1 Å². The van der Waals surface area contributed by atoms with Crippen molar-refractivity contribution in [3.05, 3.63) is 28.2 Å². The molecule has 104 valence electrons. The number of nitrogens with one attached hydrogen (secondary N) is 2. The van der Waals surface area contributed by atoms with Gasteiger partial charge in [0.15, 0.2) is 0 Å². The van der Waals surface area contributed by atoms with Crippen LogP contribution in [0.25, 0.3) is 0 Å². The molecular weight excluding hydrogens is 316 g/mol. The molecule has 6 nitrogen and oxygen atoms in total. The molecule has 0 saturated carbocycles. The van der Waals surface area contributed by atoms with E-state index in [0.717, 1.165) is 0 Å². The molecule has 7 heteroatoms. The van der Waals surface area contributed by atoms with Crippen LogP contribution in [0, 0.1) is 0 Å². The highest BCUT2D eigenvalue weighted by Gasteiger charge is 2.13. The van der Waals surface area contributed by atoms with Crippen molar-refractivity contribution in [1.82, 2.24) is 5.32 Å². The molecule has 0 radical (unpaired) electrons. The fraction of sp³-hybridized carbons (Fsp3) is 0.333. The monoisotopic (exact) mass is 330 g/mol. The summed E-state index contributed by atoms with van der Waals surface area (Å²) in [5.41, 5.74) is 0.252. The van der Waals surface area contributed by atoms with Crippen LogP contribution in [0.4, 0.5) is 10.5 Å². The van der Waals surface area contributed by atoms with Crippen molar-refractivity contribution in [1.29, 1.82) is 0 Å². The van der Waals surface area contributed by atoms with Gasteiger partial charge in [-0.2, -0.15) is 0 Å². The molecule has 1 aromatic carbocycles. The van der Waals surface area contributed by atoms with Gasteiger partial charge in [-0.25, -0.2) is 9.59 Å². The van der Waals surface area contributed by atoms with E-state index in [2.05, 4.69) is 26.6 Å². The van der Waals surface area contributed by atoms with Gasteiger partial charge >= 0.3 is 12.0 Å². The second-order valence-electron chi connectivity index (χ2n) is 3.88. The van der Waals surface area contributed by atoms with E-state index < -0.39 is 12.0 Å². The van der Waals surface area contributed by atoms with E-state index in [-0.39, 0.29) is 17.4 Å². The van der Waals surface area contributed by atoms with E-state index >= 15 is 0 Å². The predicted molar refractivity (Wildman–Crippen MR) is 74.6 cm³/mol. The van der Waals surface area contributed by atoms with Gasteiger partial charge in [0.25, 0.3) is 0 Å². The molecule has 1 rings (SSSR count). The van der Waals surface area contributed by atoms with E-state index in [1.54, 1.807) is 13.2 Å². The first kappa shape index (κ1) is 15.5. The van der Waals surface area contributed by atoms with Crippen LogP contribution in [-0.2, 0) is 4.74 Å². The lowest BCUT2D eigenvalue weighted by atomic mass is 10.2. The number of halogens is 1. The Labute approximate surface area is 119 Å². The number of carbonyl (C=O) groups is 2. The van der Waals surface area contributed by atoms with Gasteiger partial charge < -0.3 is 20.5 Å². The van der Waals surface area contributed by atoms with Crippen LogP contribution in [0.5, 0.6) is 0 Å². The number of amides is 2. The minimum atomic E-state index is -1.10. The highest BCUT2D eigenvalue weighted by Crippen LogP contribution is 2.21. The summed E-state index contributed by atoms with van der Waals surface area (Å²) in [5, 5.41) is 14.1. The first-order valence-electron chi connectivity index (χ1n) is 5.54. The number of hydrogen-bond donors (Lipinski definition) is 3. The Morgan fingerprint density at radius 3 is 2.74 bits per heavy atom. The molecule has 0 saturated heterocycles. The third-order valence-corrected chi connectivity index (χ3v) is 2.91. The molecule has 19 heavy (non-hydrogen) atoms. The van der Waals surface area contributed by atoms with Crippen LogP contribution >= 0.6 is 15.9 Å². The van der Waals surface area contributed by atoms with Crippen molar-refractivity contribution in [2.45, 2.75) is 13.0 Å². The molecule has 1 atom stereocenters. The number of aromatic carboxylic acids is 1. The molecule has 0 aliphatic heterocycles. The third-order valence-electron chi connectivity index (χ3n) is 2.41. The van der Waals surface area contributed by atoms with Gasteiger partial charge in [-0.3, -0.25) is 0 Å². The number of carboxylic acid groups (broad SMARTS) is 1. The van der Waals surface area contributed by atoms with Gasteiger partial charge in [-0.05, 0) is 25.1 Å². The van der Waals surface area contributed by atoms with E-state index in [1.807, 2.05) is 6.92 Å². The second-order valence-corrected chi connectivity index (χ2v) is 4.79. The number of methoxy groups -OCH3 is 1. The topological polar surface area (TPSA) is 87.7 Å². The smallest absolute Gasteiger partial charge is 0.337 e. The fourth-order valence-electron chi connectivity index (χ4n) is 1.29. The quantitative estimate of drug-likeness (QED) is 0.773. The number of ether oxygens (including phenoxy) is 1. The van der Waals surface area contributed by atoms with Crippen LogP contribution in [0.15, 0.2) is 22.7 Å². The Morgan fingerprint density at radius 1 is 1.47 bits per heavy atom. The summed E-state index contributed by atoms with van der Waals surface area (Å²) in [6.07, 6.45) is -0.118. The summed E-state index contributed by atoms with van der Waals surface area (Å²) in [4.78, 5) is 22.7. The standard InChI is InChI=1S/C12H15BrN2O4/c1-7(19-2)6-14-12(18)15-10-5-8(13)3-4-9(10)11(16)17/h3-5,7H,6H2,1-2H3,(H,16,17)(H2,14,15,18). The van der Waals surface area contributed by atoms with Crippen LogP contribution in [0.1, 0.15) is 17.3 Å². The van der Waals surface area contributed by atoms with Crippen LogP contribution < -0.4 is 10.6 Å². The van der Waals surface area contributed by atoms with Crippen LogP contribution in [0.2, 0.25) is 0 Å². The molecular formula is C12H15BrN2O4. The number of rotatable bonds is 5. The van der Waals surface area contributed by atoms with Crippen LogP contribution in [-0.4, -0.2) is 36.9 Å². The van der Waals surface area contributed by atoms with Gasteiger partial charge in [0.05, 0.1) is 17.4 Å². The Bertz CT molecular complexity index is 479. The molecule has 0 spiro atoms. The summed E-state index contributed by atoms with van der Waals surface area (Å²) in [5.74, 6) is -1.10. The van der Waals surface area contributed by atoms with Crippen molar-refractivity contribution < 1.29 is 19.4 Å². The SMILES string of the molecule is COC(C)CNC(=O)Nc1cc(Br)ccc1C(=O)O. The molecule has 3 N–H and O–H groups in total. The third kappa shape index (κ3) is 4.88. The van der Waals surface area contributed by atoms with Crippen molar-refractivity contribution in [3.8, 4) is 0 Å². The zero-order valence-electron chi connectivity index (χ0n) is 10.6. The van der Waals surface area contributed by atoms with Crippen LogP contribution in [0.3, 0.4) is 0 Å². The van der Waals surface area contributed by atoms with E-state index in [0.29, 0.717) is 11.0 Å². The maximum Gasteiger partial charge on any atom is 0.337 e. The molecule has 0 aromatic heterocycles. The zero-order chi connectivity index (χ0) is 14.4. The van der Waals surface area contributed by atoms with Gasteiger partial charge in [-0.1, -0.05) is 15.9 Å². The number of benzene rings is 1. The average Bonchev–Trinajstić information content (AvgIpc) is 2.35. The Hall–Kier alpha value is -1.60. The van der Waals surface area contributed by atoms with Gasteiger partial charge in [0, 0.05) is 18.1 Å². The predicted octanol–water partition coefficient (Wildman–Crippen LogP) is 2.30. The molecule has 0 bridgehead atoms. The van der Waals surface area contributed by atoms with Crippen molar-refractivity contribution in [2.75, 3.05) is 19.0 Å². The zero-order valence-corrected chi connectivity index (χ0v) is 12.2. The average molecular weight is 331 g/mol.